The van der Waals surface area contributed by atoms with E-state index in [1.54, 1.807) is 19.1 Å². The first-order valence-corrected chi connectivity index (χ1v) is 11.0. The molecule has 28 heavy (non-hydrogen) atoms. The van der Waals surface area contributed by atoms with Crippen LogP contribution in [-0.2, 0) is 6.42 Å². The Kier molecular flexibility index (Phi) is 7.70. The molecule has 2 aliphatic rings. The summed E-state index contributed by atoms with van der Waals surface area (Å²) >= 11 is 0. The highest BCUT2D eigenvalue weighted by Gasteiger charge is 2.30. The van der Waals surface area contributed by atoms with E-state index in [0.717, 1.165) is 24.2 Å². The number of ether oxygens (including phenoxy) is 1. The van der Waals surface area contributed by atoms with Crippen molar-refractivity contribution in [3.63, 3.8) is 0 Å². The Morgan fingerprint density at radius 2 is 1.61 bits per heavy atom. The first-order chi connectivity index (χ1) is 13.6. The molecule has 154 valence electrons. The highest BCUT2D eigenvalue weighted by molar-refractivity contribution is 5.31. The van der Waals surface area contributed by atoms with Crippen molar-refractivity contribution in [2.24, 2.45) is 23.7 Å². The number of hydrogen-bond donors (Lipinski definition) is 0. The second kappa shape index (κ2) is 10.2. The van der Waals surface area contributed by atoms with E-state index in [0.29, 0.717) is 17.9 Å². The lowest BCUT2D eigenvalue weighted by atomic mass is 9.68. The summed E-state index contributed by atoms with van der Waals surface area (Å²) in [6.45, 7) is 5.71. The van der Waals surface area contributed by atoms with E-state index in [4.69, 9.17) is 4.74 Å². The molecule has 0 heterocycles. The maximum absolute atomic E-state index is 14.3. The van der Waals surface area contributed by atoms with Gasteiger partial charge in [-0.1, -0.05) is 31.1 Å². The number of hydrogen-bond acceptors (Lipinski definition) is 1. The van der Waals surface area contributed by atoms with Crippen molar-refractivity contribution in [1.82, 2.24) is 0 Å². The van der Waals surface area contributed by atoms with E-state index in [1.807, 2.05) is 0 Å². The van der Waals surface area contributed by atoms with Gasteiger partial charge in [-0.25, -0.2) is 4.39 Å². The molecule has 0 spiro atoms. The van der Waals surface area contributed by atoms with E-state index in [9.17, 15) is 8.78 Å². The molecule has 1 nitrogen and oxygen atoms in total. The van der Waals surface area contributed by atoms with Gasteiger partial charge in [0.15, 0.2) is 11.6 Å². The van der Waals surface area contributed by atoms with E-state index >= 15 is 0 Å². The summed E-state index contributed by atoms with van der Waals surface area (Å²) in [6, 6.07) is 3.20. The van der Waals surface area contributed by atoms with Crippen LogP contribution in [0.5, 0.6) is 5.75 Å². The molecule has 1 aromatic carbocycles. The van der Waals surface area contributed by atoms with Crippen molar-refractivity contribution in [2.75, 3.05) is 0 Å². The quantitative estimate of drug-likeness (QED) is 0.345. The second-order valence-electron chi connectivity index (χ2n) is 8.67. The SMILES string of the molecule is C=CC1CCC(C2CCC(CCc3ccc(OC=CC)c(F)c3F)CC2)CC1. The van der Waals surface area contributed by atoms with Crippen LogP contribution in [0.2, 0.25) is 0 Å². The summed E-state index contributed by atoms with van der Waals surface area (Å²) in [5, 5.41) is 0. The Morgan fingerprint density at radius 3 is 2.21 bits per heavy atom. The van der Waals surface area contributed by atoms with E-state index in [-0.39, 0.29) is 5.75 Å². The van der Waals surface area contributed by atoms with Gasteiger partial charge in [-0.2, -0.15) is 4.39 Å². The summed E-state index contributed by atoms with van der Waals surface area (Å²) < 4.78 is 33.5. The van der Waals surface area contributed by atoms with E-state index < -0.39 is 11.6 Å². The van der Waals surface area contributed by atoms with Gasteiger partial charge in [-0.15, -0.1) is 6.58 Å². The molecule has 0 unspecified atom stereocenters. The van der Waals surface area contributed by atoms with Crippen LogP contribution in [0.1, 0.15) is 70.3 Å². The Balaban J connectivity index is 1.45. The molecule has 0 radical (unpaired) electrons. The van der Waals surface area contributed by atoms with Gasteiger partial charge in [0.25, 0.3) is 0 Å². The predicted molar refractivity (Wildman–Crippen MR) is 111 cm³/mol. The summed E-state index contributed by atoms with van der Waals surface area (Å²) in [6.07, 6.45) is 17.1. The summed E-state index contributed by atoms with van der Waals surface area (Å²) in [4.78, 5) is 0. The zero-order valence-electron chi connectivity index (χ0n) is 17.1. The van der Waals surface area contributed by atoms with Gasteiger partial charge in [-0.05, 0) is 93.6 Å². The highest BCUT2D eigenvalue weighted by Crippen LogP contribution is 2.42. The topological polar surface area (TPSA) is 9.23 Å². The van der Waals surface area contributed by atoms with Crippen LogP contribution in [0.15, 0.2) is 37.1 Å². The molecule has 2 aliphatic carbocycles. The van der Waals surface area contributed by atoms with Crippen LogP contribution in [0.25, 0.3) is 0 Å². The molecule has 0 saturated heterocycles. The molecule has 0 aliphatic heterocycles. The normalized spacial score (nSPS) is 28.4. The third-order valence-electron chi connectivity index (χ3n) is 6.99. The van der Waals surface area contributed by atoms with Crippen LogP contribution < -0.4 is 4.74 Å². The molecule has 0 bridgehead atoms. The Labute approximate surface area is 168 Å². The van der Waals surface area contributed by atoms with Crippen molar-refractivity contribution < 1.29 is 13.5 Å². The molecule has 2 saturated carbocycles. The highest BCUT2D eigenvalue weighted by atomic mass is 19.2. The number of aryl methyl sites for hydroxylation is 1. The van der Waals surface area contributed by atoms with Gasteiger partial charge in [0, 0.05) is 0 Å². The van der Waals surface area contributed by atoms with Crippen molar-refractivity contribution in [3.05, 3.63) is 54.3 Å². The molecule has 0 amide bonds. The number of rotatable bonds is 7. The zero-order valence-corrected chi connectivity index (χ0v) is 17.1. The third kappa shape index (κ3) is 5.24. The standard InChI is InChI=1S/C25H34F2O/c1-3-17-28-23-16-15-22(24(26)25(23)27)14-9-19-7-12-21(13-8-19)20-10-5-18(4-2)6-11-20/h3-4,15-21H,2,5-14H2,1H3. The summed E-state index contributed by atoms with van der Waals surface area (Å²) in [5.41, 5.74) is 0.468. The van der Waals surface area contributed by atoms with Gasteiger partial charge in [0.2, 0.25) is 5.82 Å². The average molecular weight is 389 g/mol. The lowest BCUT2D eigenvalue weighted by Gasteiger charge is -2.37. The van der Waals surface area contributed by atoms with Gasteiger partial charge >= 0.3 is 0 Å². The maximum Gasteiger partial charge on any atom is 0.201 e. The van der Waals surface area contributed by atoms with Gasteiger partial charge in [0.1, 0.15) is 0 Å². The third-order valence-corrected chi connectivity index (χ3v) is 6.99. The largest absolute Gasteiger partial charge is 0.462 e. The van der Waals surface area contributed by atoms with Crippen molar-refractivity contribution >= 4 is 0 Å². The van der Waals surface area contributed by atoms with E-state index in [1.165, 1.54) is 63.7 Å². The molecular weight excluding hydrogens is 354 g/mol. The molecular formula is C25H34F2O. The van der Waals surface area contributed by atoms with Crippen LogP contribution in [-0.4, -0.2) is 0 Å². The molecule has 0 N–H and O–H groups in total. The van der Waals surface area contributed by atoms with Gasteiger partial charge in [0.05, 0.1) is 6.26 Å². The monoisotopic (exact) mass is 388 g/mol. The lowest BCUT2D eigenvalue weighted by Crippen LogP contribution is -2.25. The van der Waals surface area contributed by atoms with Gasteiger partial charge in [-0.3, -0.25) is 0 Å². The van der Waals surface area contributed by atoms with Gasteiger partial charge < -0.3 is 4.74 Å². The molecule has 1 aromatic rings. The molecule has 2 fully saturated rings. The smallest absolute Gasteiger partial charge is 0.201 e. The summed E-state index contributed by atoms with van der Waals surface area (Å²) in [5.74, 6) is 1.46. The molecule has 0 aromatic heterocycles. The molecule has 3 rings (SSSR count). The van der Waals surface area contributed by atoms with Crippen molar-refractivity contribution in [3.8, 4) is 5.75 Å². The molecule has 3 heteroatoms. The first-order valence-electron chi connectivity index (χ1n) is 11.0. The first kappa shape index (κ1) is 21.1. The zero-order chi connectivity index (χ0) is 19.9. The average Bonchev–Trinajstić information content (AvgIpc) is 2.74. The maximum atomic E-state index is 14.3. The Bertz CT molecular complexity index is 665. The van der Waals surface area contributed by atoms with Crippen molar-refractivity contribution in [1.29, 1.82) is 0 Å². The fourth-order valence-electron chi connectivity index (χ4n) is 5.16. The van der Waals surface area contributed by atoms with Crippen LogP contribution >= 0.6 is 0 Å². The Hall–Kier alpha value is -1.64. The predicted octanol–water partition coefficient (Wildman–Crippen LogP) is 7.61. The minimum absolute atomic E-state index is 0.0500. The van der Waals surface area contributed by atoms with E-state index in [2.05, 4.69) is 12.7 Å². The minimum atomic E-state index is -0.880. The van der Waals surface area contributed by atoms with Crippen molar-refractivity contribution in [2.45, 2.75) is 71.1 Å². The number of allylic oxidation sites excluding steroid dienone is 2. The van der Waals surface area contributed by atoms with Crippen LogP contribution in [0.3, 0.4) is 0 Å². The second-order valence-corrected chi connectivity index (χ2v) is 8.67. The lowest BCUT2D eigenvalue weighted by molar-refractivity contribution is 0.152. The summed E-state index contributed by atoms with van der Waals surface area (Å²) in [7, 11) is 0. The van der Waals surface area contributed by atoms with Crippen LogP contribution in [0.4, 0.5) is 8.78 Å². The fraction of sp³-hybridized carbons (Fsp3) is 0.600. The number of halogens is 2. The minimum Gasteiger partial charge on any atom is -0.462 e. The molecule has 0 atom stereocenters. The number of benzene rings is 1. The fourth-order valence-corrected chi connectivity index (χ4v) is 5.16. The van der Waals surface area contributed by atoms with Crippen LogP contribution in [0, 0.1) is 35.3 Å². The Morgan fingerprint density at radius 1 is 0.964 bits per heavy atom.